The van der Waals surface area contributed by atoms with E-state index < -0.39 is 0 Å². The summed E-state index contributed by atoms with van der Waals surface area (Å²) in [5, 5.41) is 0. The van der Waals surface area contributed by atoms with Crippen molar-refractivity contribution in [2.75, 3.05) is 36.8 Å². The summed E-state index contributed by atoms with van der Waals surface area (Å²) in [4.78, 5) is 31.4. The molecule has 140 valence electrons. The third-order valence-corrected chi connectivity index (χ3v) is 7.74. The van der Waals surface area contributed by atoms with E-state index in [2.05, 4.69) is 43.9 Å². The summed E-state index contributed by atoms with van der Waals surface area (Å²) in [5.41, 5.74) is 3.89. The summed E-state index contributed by atoms with van der Waals surface area (Å²) in [6, 6.07) is 6.14. The van der Waals surface area contributed by atoms with Gasteiger partial charge in [-0.1, -0.05) is 12.1 Å². The Hall–Kier alpha value is -1.69. The number of thioether (sulfide) groups is 1. The van der Waals surface area contributed by atoms with Crippen LogP contribution in [0.3, 0.4) is 0 Å². The number of carbonyl (C=O) groups excluding carboxylic acids is 2. The van der Waals surface area contributed by atoms with E-state index in [0.29, 0.717) is 6.42 Å². The van der Waals surface area contributed by atoms with Crippen LogP contribution in [0, 0.1) is 13.8 Å². The Morgan fingerprint density at radius 1 is 1.19 bits per heavy atom. The first kappa shape index (κ1) is 17.7. The molecule has 0 unspecified atom stereocenters. The third kappa shape index (κ3) is 2.79. The van der Waals surface area contributed by atoms with Gasteiger partial charge in [-0.2, -0.15) is 0 Å². The van der Waals surface area contributed by atoms with Crippen LogP contribution >= 0.6 is 11.8 Å². The van der Waals surface area contributed by atoms with Crippen molar-refractivity contribution in [3.05, 3.63) is 29.3 Å². The molecule has 26 heavy (non-hydrogen) atoms. The van der Waals surface area contributed by atoms with Crippen molar-refractivity contribution in [1.29, 1.82) is 0 Å². The molecule has 0 N–H and O–H groups in total. The van der Waals surface area contributed by atoms with Gasteiger partial charge in [0.15, 0.2) is 0 Å². The quantitative estimate of drug-likeness (QED) is 0.799. The van der Waals surface area contributed by atoms with E-state index in [4.69, 9.17) is 0 Å². The van der Waals surface area contributed by atoms with Crippen molar-refractivity contribution in [2.24, 2.45) is 0 Å². The Bertz CT molecular complexity index is 745. The van der Waals surface area contributed by atoms with E-state index >= 15 is 0 Å². The fraction of sp³-hybridized carbons (Fsp3) is 0.600. The van der Waals surface area contributed by atoms with Crippen LogP contribution in [0.25, 0.3) is 0 Å². The van der Waals surface area contributed by atoms with Crippen LogP contribution in [0.5, 0.6) is 0 Å². The van der Waals surface area contributed by atoms with Crippen LogP contribution in [0.4, 0.5) is 5.69 Å². The minimum Gasteiger partial charge on any atom is -0.368 e. The number of benzene rings is 1. The summed E-state index contributed by atoms with van der Waals surface area (Å²) in [7, 11) is 0. The lowest BCUT2D eigenvalue weighted by molar-refractivity contribution is -0.143. The maximum Gasteiger partial charge on any atom is 0.246 e. The van der Waals surface area contributed by atoms with Crippen molar-refractivity contribution >= 4 is 29.3 Å². The first-order valence-corrected chi connectivity index (χ1v) is 10.5. The fourth-order valence-corrected chi connectivity index (χ4v) is 5.88. The van der Waals surface area contributed by atoms with Gasteiger partial charge in [-0.15, -0.1) is 11.8 Å². The van der Waals surface area contributed by atoms with Crippen molar-refractivity contribution < 1.29 is 9.59 Å². The highest BCUT2D eigenvalue weighted by Gasteiger charge is 2.53. The molecule has 0 saturated carbocycles. The summed E-state index contributed by atoms with van der Waals surface area (Å²) < 4.78 is 0. The fourth-order valence-electron chi connectivity index (χ4n) is 4.46. The highest BCUT2D eigenvalue weighted by molar-refractivity contribution is 8.01. The second-order valence-electron chi connectivity index (χ2n) is 7.80. The van der Waals surface area contributed by atoms with Crippen LogP contribution < -0.4 is 4.90 Å². The van der Waals surface area contributed by atoms with Crippen molar-refractivity contribution in [3.8, 4) is 0 Å². The van der Waals surface area contributed by atoms with E-state index in [0.717, 1.165) is 38.4 Å². The summed E-state index contributed by atoms with van der Waals surface area (Å²) in [6.45, 7) is 9.56. The molecule has 1 aromatic carbocycles. The number of rotatable bonds is 2. The normalized spacial score (nSPS) is 28.7. The number of anilines is 1. The van der Waals surface area contributed by atoms with Gasteiger partial charge in [0.25, 0.3) is 0 Å². The minimum atomic E-state index is -0.271. The number of aryl methyl sites for hydroxylation is 1. The second-order valence-corrected chi connectivity index (χ2v) is 9.30. The number of carbonyl (C=O) groups is 2. The second kappa shape index (κ2) is 6.48. The smallest absolute Gasteiger partial charge is 0.246 e. The van der Waals surface area contributed by atoms with E-state index in [1.54, 1.807) is 11.8 Å². The van der Waals surface area contributed by atoms with E-state index in [-0.39, 0.29) is 22.7 Å². The minimum absolute atomic E-state index is 0.136. The number of fused-ring (bicyclic) bond motifs is 1. The van der Waals surface area contributed by atoms with Gasteiger partial charge in [0.05, 0.1) is 4.87 Å². The molecule has 0 aliphatic carbocycles. The zero-order chi connectivity index (χ0) is 18.5. The van der Waals surface area contributed by atoms with E-state index in [9.17, 15) is 9.59 Å². The lowest BCUT2D eigenvalue weighted by Crippen LogP contribution is -2.56. The highest BCUT2D eigenvalue weighted by atomic mass is 32.2. The largest absolute Gasteiger partial charge is 0.368 e. The number of piperazine rings is 1. The molecule has 0 aromatic heterocycles. The predicted octanol–water partition coefficient (Wildman–Crippen LogP) is 2.41. The molecule has 1 aromatic rings. The van der Waals surface area contributed by atoms with Crippen LogP contribution in [0.1, 0.15) is 30.9 Å². The molecule has 3 aliphatic heterocycles. The molecule has 2 atom stereocenters. The lowest BCUT2D eigenvalue weighted by atomic mass is 10.1. The SMILES string of the molecule is Cc1cccc(N2CCN(C(=O)[C@H]3CS[C@]4(C)CCC(=O)N34)CC2)c1C. The number of nitrogens with zero attached hydrogens (tertiary/aromatic N) is 3. The van der Waals surface area contributed by atoms with Crippen molar-refractivity contribution in [1.82, 2.24) is 9.80 Å². The molecular weight excluding hydrogens is 346 g/mol. The number of hydrogen-bond donors (Lipinski definition) is 0. The molecule has 6 heteroatoms. The molecule has 2 amide bonds. The Kier molecular flexibility index (Phi) is 4.41. The van der Waals surface area contributed by atoms with Gasteiger partial charge in [-0.25, -0.2) is 0 Å². The number of hydrogen-bond acceptors (Lipinski definition) is 4. The molecule has 4 rings (SSSR count). The first-order chi connectivity index (χ1) is 12.4. The molecule has 3 aliphatic rings. The van der Waals surface area contributed by atoms with Gasteiger partial charge in [0.1, 0.15) is 6.04 Å². The van der Waals surface area contributed by atoms with E-state index in [1.165, 1.54) is 16.8 Å². The Morgan fingerprint density at radius 3 is 2.65 bits per heavy atom. The third-order valence-electron chi connectivity index (χ3n) is 6.24. The monoisotopic (exact) mass is 373 g/mol. The van der Waals surface area contributed by atoms with Gasteiger partial charge in [-0.3, -0.25) is 9.59 Å². The molecule has 0 bridgehead atoms. The average Bonchev–Trinajstić information content (AvgIpc) is 3.13. The van der Waals surface area contributed by atoms with Crippen molar-refractivity contribution in [2.45, 2.75) is 44.5 Å². The van der Waals surface area contributed by atoms with Gasteiger partial charge in [0.2, 0.25) is 11.8 Å². The standard InChI is InChI=1S/C20H27N3O2S/c1-14-5-4-6-16(15(14)2)21-9-11-22(12-10-21)19(25)17-13-26-20(3)8-7-18(24)23(17)20/h4-6,17H,7-13H2,1-3H3/t17-,20-/m1/s1. The zero-order valence-corrected chi connectivity index (χ0v) is 16.6. The molecule has 5 nitrogen and oxygen atoms in total. The number of amides is 2. The Morgan fingerprint density at radius 2 is 1.92 bits per heavy atom. The lowest BCUT2D eigenvalue weighted by Gasteiger charge is -2.39. The van der Waals surface area contributed by atoms with Gasteiger partial charge in [-0.05, 0) is 44.4 Å². The maximum atomic E-state index is 13.1. The van der Waals surface area contributed by atoms with Gasteiger partial charge >= 0.3 is 0 Å². The van der Waals surface area contributed by atoms with Crippen LogP contribution in [-0.4, -0.2) is 64.5 Å². The predicted molar refractivity (Wildman–Crippen MR) is 105 cm³/mol. The Balaban J connectivity index is 1.43. The van der Waals surface area contributed by atoms with Crippen molar-refractivity contribution in [3.63, 3.8) is 0 Å². The van der Waals surface area contributed by atoms with Gasteiger partial charge < -0.3 is 14.7 Å². The summed E-state index contributed by atoms with van der Waals surface area (Å²) in [5.74, 6) is 1.01. The summed E-state index contributed by atoms with van der Waals surface area (Å²) >= 11 is 1.77. The Labute approximate surface area is 159 Å². The first-order valence-electron chi connectivity index (χ1n) is 9.47. The molecule has 3 heterocycles. The van der Waals surface area contributed by atoms with Crippen LogP contribution in [0.2, 0.25) is 0 Å². The topological polar surface area (TPSA) is 43.9 Å². The molecule has 0 radical (unpaired) electrons. The molecule has 3 saturated heterocycles. The molecular formula is C20H27N3O2S. The zero-order valence-electron chi connectivity index (χ0n) is 15.8. The summed E-state index contributed by atoms with van der Waals surface area (Å²) in [6.07, 6.45) is 1.44. The van der Waals surface area contributed by atoms with Gasteiger partial charge in [0, 0.05) is 44.0 Å². The van der Waals surface area contributed by atoms with Crippen LogP contribution in [-0.2, 0) is 9.59 Å². The average molecular weight is 374 g/mol. The van der Waals surface area contributed by atoms with E-state index in [1.807, 2.05) is 9.80 Å². The highest BCUT2D eigenvalue weighted by Crippen LogP contribution is 2.47. The molecule has 0 spiro atoms. The maximum absolute atomic E-state index is 13.1. The van der Waals surface area contributed by atoms with Crippen LogP contribution in [0.15, 0.2) is 18.2 Å². The molecule has 3 fully saturated rings.